The molecule has 0 atom stereocenters. The number of hydrogen-bond acceptors (Lipinski definition) is 6. The van der Waals surface area contributed by atoms with Gasteiger partial charge in [-0.15, -0.1) is 10.2 Å². The summed E-state index contributed by atoms with van der Waals surface area (Å²) in [6.45, 7) is 1.32. The van der Waals surface area contributed by atoms with Gasteiger partial charge in [0.15, 0.2) is 5.82 Å². The third-order valence-electron chi connectivity index (χ3n) is 3.41. The maximum atomic E-state index is 11.7. The van der Waals surface area contributed by atoms with Gasteiger partial charge in [0, 0.05) is 39.0 Å². The van der Waals surface area contributed by atoms with Crippen LogP contribution in [0.4, 0.5) is 0 Å². The van der Waals surface area contributed by atoms with Crippen molar-refractivity contribution >= 4 is 22.2 Å². The van der Waals surface area contributed by atoms with Crippen LogP contribution in [0.15, 0.2) is 0 Å². The first-order valence-electron chi connectivity index (χ1n) is 7.24. The van der Waals surface area contributed by atoms with Crippen molar-refractivity contribution in [2.75, 3.05) is 20.3 Å². The number of methoxy groups -OCH3 is 1. The zero-order chi connectivity index (χ0) is 14.7. The lowest BCUT2D eigenvalue weighted by Gasteiger charge is -2.03. The van der Waals surface area contributed by atoms with Gasteiger partial charge in [-0.05, 0) is 19.3 Å². The normalized spacial score (nSPS) is 14.7. The Bertz CT molecular complexity index is 619. The quantitative estimate of drug-likeness (QED) is 0.740. The first-order chi connectivity index (χ1) is 10.3. The van der Waals surface area contributed by atoms with E-state index < -0.39 is 0 Å². The fraction of sp³-hybridized carbons (Fsp3) is 0.692. The van der Waals surface area contributed by atoms with Gasteiger partial charge >= 0.3 is 0 Å². The molecule has 7 nitrogen and oxygen atoms in total. The van der Waals surface area contributed by atoms with Crippen LogP contribution in [0.1, 0.15) is 42.4 Å². The van der Waals surface area contributed by atoms with E-state index in [0.717, 1.165) is 22.2 Å². The molecule has 1 amide bonds. The molecule has 2 aromatic heterocycles. The Balaban J connectivity index is 1.50. The predicted octanol–water partition coefficient (Wildman–Crippen LogP) is 1.15. The van der Waals surface area contributed by atoms with Crippen molar-refractivity contribution in [1.82, 2.24) is 25.1 Å². The van der Waals surface area contributed by atoms with Gasteiger partial charge in [-0.1, -0.05) is 11.3 Å². The third kappa shape index (κ3) is 3.56. The third-order valence-corrected chi connectivity index (χ3v) is 4.37. The minimum Gasteiger partial charge on any atom is -0.385 e. The zero-order valence-corrected chi connectivity index (χ0v) is 12.9. The molecule has 0 aromatic carbocycles. The van der Waals surface area contributed by atoms with Gasteiger partial charge in [0.2, 0.25) is 10.9 Å². The van der Waals surface area contributed by atoms with E-state index in [9.17, 15) is 4.79 Å². The molecule has 0 unspecified atom stereocenters. The van der Waals surface area contributed by atoms with Gasteiger partial charge in [0.05, 0.1) is 0 Å². The highest BCUT2D eigenvalue weighted by atomic mass is 32.1. The van der Waals surface area contributed by atoms with Gasteiger partial charge in [-0.3, -0.25) is 4.79 Å². The summed E-state index contributed by atoms with van der Waals surface area (Å²) in [7, 11) is 1.66. The molecule has 1 fully saturated rings. The zero-order valence-electron chi connectivity index (χ0n) is 12.0. The number of aromatic nitrogens is 4. The summed E-state index contributed by atoms with van der Waals surface area (Å²) in [5.74, 6) is 1.55. The summed E-state index contributed by atoms with van der Waals surface area (Å²) in [5, 5.41) is 16.7. The van der Waals surface area contributed by atoms with Crippen molar-refractivity contribution in [1.29, 1.82) is 0 Å². The number of amides is 1. The number of nitrogens with one attached hydrogen (secondary N) is 1. The van der Waals surface area contributed by atoms with Gasteiger partial charge in [0.1, 0.15) is 5.01 Å². The Morgan fingerprint density at radius 3 is 3.10 bits per heavy atom. The molecule has 114 valence electrons. The molecule has 1 aliphatic rings. The molecule has 0 spiro atoms. The molecule has 3 rings (SSSR count). The van der Waals surface area contributed by atoms with E-state index in [2.05, 4.69) is 20.6 Å². The van der Waals surface area contributed by atoms with Crippen LogP contribution in [0, 0.1) is 0 Å². The van der Waals surface area contributed by atoms with Crippen LogP contribution in [-0.2, 0) is 16.0 Å². The maximum absolute atomic E-state index is 11.7. The van der Waals surface area contributed by atoms with E-state index >= 15 is 0 Å². The van der Waals surface area contributed by atoms with E-state index in [1.807, 2.05) is 4.52 Å². The first kappa shape index (κ1) is 14.4. The number of rotatable bonds is 8. The molecule has 8 heteroatoms. The van der Waals surface area contributed by atoms with Crippen molar-refractivity contribution in [2.45, 2.75) is 38.0 Å². The number of ether oxygens (including phenoxy) is 1. The lowest BCUT2D eigenvalue weighted by Crippen LogP contribution is -2.25. The fourth-order valence-corrected chi connectivity index (χ4v) is 2.96. The predicted molar refractivity (Wildman–Crippen MR) is 78.5 cm³/mol. The monoisotopic (exact) mass is 309 g/mol. The first-order valence-corrected chi connectivity index (χ1v) is 8.06. The highest BCUT2D eigenvalue weighted by Crippen LogP contribution is 2.39. The van der Waals surface area contributed by atoms with E-state index in [0.29, 0.717) is 31.9 Å². The smallest absolute Gasteiger partial charge is 0.234 e. The topological polar surface area (TPSA) is 81.4 Å². The van der Waals surface area contributed by atoms with Gasteiger partial charge < -0.3 is 10.1 Å². The molecule has 0 saturated heterocycles. The Hall–Kier alpha value is -1.54. The number of carbonyl (C=O) groups is 1. The largest absolute Gasteiger partial charge is 0.385 e. The molecule has 1 N–H and O–H groups in total. The Kier molecular flexibility index (Phi) is 4.45. The van der Waals surface area contributed by atoms with Crippen LogP contribution in [0.2, 0.25) is 0 Å². The SMILES string of the molecule is COCCCNC(=O)CCc1nn2c(C3CC3)nnc2s1. The molecule has 2 heterocycles. The number of fused-ring (bicyclic) bond motifs is 1. The number of carbonyl (C=O) groups excluding carboxylic acids is 1. The van der Waals surface area contributed by atoms with Crippen molar-refractivity contribution < 1.29 is 9.53 Å². The number of aryl methyl sites for hydroxylation is 1. The second-order valence-electron chi connectivity index (χ2n) is 5.22. The standard InChI is InChI=1S/C13H19N5O2S/c1-20-8-2-7-14-10(19)5-6-11-17-18-12(9-3-4-9)15-16-13(18)21-11/h9H,2-8H2,1H3,(H,14,19). The lowest BCUT2D eigenvalue weighted by molar-refractivity contribution is -0.121. The summed E-state index contributed by atoms with van der Waals surface area (Å²) in [4.78, 5) is 12.5. The summed E-state index contributed by atoms with van der Waals surface area (Å²) < 4.78 is 6.78. The van der Waals surface area contributed by atoms with E-state index in [-0.39, 0.29) is 5.91 Å². The lowest BCUT2D eigenvalue weighted by atomic mass is 10.3. The molecular formula is C13H19N5O2S. The Morgan fingerprint density at radius 2 is 2.33 bits per heavy atom. The molecule has 1 aliphatic carbocycles. The van der Waals surface area contributed by atoms with E-state index in [1.165, 1.54) is 24.2 Å². The summed E-state index contributed by atoms with van der Waals surface area (Å²) in [6.07, 6.45) is 4.29. The summed E-state index contributed by atoms with van der Waals surface area (Å²) in [5.41, 5.74) is 0. The van der Waals surface area contributed by atoms with E-state index in [1.54, 1.807) is 7.11 Å². The van der Waals surface area contributed by atoms with Crippen LogP contribution in [0.5, 0.6) is 0 Å². The van der Waals surface area contributed by atoms with E-state index in [4.69, 9.17) is 4.74 Å². The Labute approximate surface area is 126 Å². The molecule has 0 bridgehead atoms. The highest BCUT2D eigenvalue weighted by Gasteiger charge is 2.30. The summed E-state index contributed by atoms with van der Waals surface area (Å²) >= 11 is 1.52. The maximum Gasteiger partial charge on any atom is 0.234 e. The molecule has 0 aliphatic heterocycles. The van der Waals surface area contributed by atoms with Crippen molar-refractivity contribution in [2.24, 2.45) is 0 Å². The minimum absolute atomic E-state index is 0.0551. The second kappa shape index (κ2) is 6.48. The molecular weight excluding hydrogens is 290 g/mol. The van der Waals surface area contributed by atoms with Crippen molar-refractivity contribution in [3.05, 3.63) is 10.8 Å². The van der Waals surface area contributed by atoms with Crippen molar-refractivity contribution in [3.63, 3.8) is 0 Å². The number of nitrogens with zero attached hydrogens (tertiary/aromatic N) is 4. The van der Waals surface area contributed by atoms with Crippen LogP contribution in [-0.4, -0.2) is 46.0 Å². The van der Waals surface area contributed by atoms with Crippen LogP contribution in [0.3, 0.4) is 0 Å². The Morgan fingerprint density at radius 1 is 1.48 bits per heavy atom. The fourth-order valence-electron chi connectivity index (χ4n) is 2.12. The molecule has 0 radical (unpaired) electrons. The van der Waals surface area contributed by atoms with Gasteiger partial charge in [0.25, 0.3) is 0 Å². The summed E-state index contributed by atoms with van der Waals surface area (Å²) in [6, 6.07) is 0. The average molecular weight is 309 g/mol. The van der Waals surface area contributed by atoms with Crippen LogP contribution < -0.4 is 5.32 Å². The molecule has 1 saturated carbocycles. The van der Waals surface area contributed by atoms with Gasteiger partial charge in [-0.2, -0.15) is 9.61 Å². The van der Waals surface area contributed by atoms with Crippen LogP contribution >= 0.6 is 11.3 Å². The molecule has 2 aromatic rings. The van der Waals surface area contributed by atoms with Crippen LogP contribution in [0.25, 0.3) is 4.96 Å². The number of hydrogen-bond donors (Lipinski definition) is 1. The van der Waals surface area contributed by atoms with Crippen molar-refractivity contribution in [3.8, 4) is 0 Å². The molecule has 21 heavy (non-hydrogen) atoms. The minimum atomic E-state index is 0.0551. The second-order valence-corrected chi connectivity index (χ2v) is 6.26. The average Bonchev–Trinajstić information content (AvgIpc) is 3.11. The van der Waals surface area contributed by atoms with Gasteiger partial charge in [-0.25, -0.2) is 0 Å². The highest BCUT2D eigenvalue weighted by molar-refractivity contribution is 7.16.